The van der Waals surface area contributed by atoms with Gasteiger partial charge in [0.1, 0.15) is 11.8 Å². The molecule has 0 aliphatic carbocycles. The number of anilines is 1. The summed E-state index contributed by atoms with van der Waals surface area (Å²) < 4.78 is 4.76. The fourth-order valence-electron chi connectivity index (χ4n) is 1.23. The van der Waals surface area contributed by atoms with Crippen LogP contribution in [0.5, 0.6) is 0 Å². The van der Waals surface area contributed by atoms with Crippen LogP contribution in [0, 0.1) is 12.8 Å². The second kappa shape index (κ2) is 5.33. The molecule has 3 N–H and O–H groups in total. The molecule has 0 fully saturated rings. The number of carbonyl (C=O) groups is 2. The molecule has 94 valence electrons. The maximum Gasteiger partial charge on any atom is 0.326 e. The van der Waals surface area contributed by atoms with Gasteiger partial charge in [-0.05, 0) is 12.8 Å². The summed E-state index contributed by atoms with van der Waals surface area (Å²) in [7, 11) is 0. The minimum absolute atomic E-state index is 0.211. The Bertz CT molecular complexity index is 413. The highest BCUT2D eigenvalue weighted by Gasteiger charge is 2.23. The quantitative estimate of drug-likeness (QED) is 0.735. The van der Waals surface area contributed by atoms with Crippen LogP contribution in [-0.2, 0) is 4.79 Å². The molecule has 1 aromatic rings. The number of urea groups is 1. The van der Waals surface area contributed by atoms with Gasteiger partial charge in [-0.1, -0.05) is 19.0 Å². The monoisotopic (exact) mass is 241 g/mol. The number of aryl methyl sites for hydroxylation is 1. The number of carbonyl (C=O) groups excluding carboxylic acids is 1. The Morgan fingerprint density at radius 2 is 2.12 bits per heavy atom. The fourth-order valence-corrected chi connectivity index (χ4v) is 1.23. The van der Waals surface area contributed by atoms with Crippen LogP contribution in [0.2, 0.25) is 0 Å². The zero-order valence-electron chi connectivity index (χ0n) is 9.85. The summed E-state index contributed by atoms with van der Waals surface area (Å²) in [6.45, 7) is 5.10. The van der Waals surface area contributed by atoms with Gasteiger partial charge in [-0.15, -0.1) is 0 Å². The second-order valence-corrected chi connectivity index (χ2v) is 3.98. The van der Waals surface area contributed by atoms with E-state index in [1.165, 1.54) is 6.07 Å². The maximum atomic E-state index is 11.5. The number of nitrogens with one attached hydrogen (secondary N) is 2. The molecule has 0 saturated heterocycles. The third-order valence-corrected chi connectivity index (χ3v) is 2.09. The number of aliphatic carboxylic acids is 1. The van der Waals surface area contributed by atoms with Crippen molar-refractivity contribution in [2.45, 2.75) is 26.8 Å². The van der Waals surface area contributed by atoms with E-state index >= 15 is 0 Å². The largest absolute Gasteiger partial charge is 0.480 e. The van der Waals surface area contributed by atoms with Gasteiger partial charge in [-0.25, -0.2) is 9.59 Å². The smallest absolute Gasteiger partial charge is 0.326 e. The predicted octanol–water partition coefficient (Wildman–Crippen LogP) is 1.21. The van der Waals surface area contributed by atoms with Crippen molar-refractivity contribution in [3.05, 3.63) is 11.8 Å². The Hall–Kier alpha value is -2.05. The van der Waals surface area contributed by atoms with Gasteiger partial charge in [-0.3, -0.25) is 5.32 Å². The van der Waals surface area contributed by atoms with Gasteiger partial charge >= 0.3 is 12.0 Å². The topological polar surface area (TPSA) is 104 Å². The van der Waals surface area contributed by atoms with E-state index in [2.05, 4.69) is 15.8 Å². The maximum absolute atomic E-state index is 11.5. The van der Waals surface area contributed by atoms with Gasteiger partial charge in [0, 0.05) is 6.07 Å². The van der Waals surface area contributed by atoms with Crippen molar-refractivity contribution in [3.63, 3.8) is 0 Å². The first-order valence-corrected chi connectivity index (χ1v) is 5.13. The Morgan fingerprint density at radius 1 is 1.47 bits per heavy atom. The molecule has 7 nitrogen and oxygen atoms in total. The zero-order chi connectivity index (χ0) is 13.0. The molecule has 0 aromatic carbocycles. The minimum atomic E-state index is -1.08. The molecule has 1 rings (SSSR count). The lowest BCUT2D eigenvalue weighted by molar-refractivity contribution is -0.140. The van der Waals surface area contributed by atoms with Crippen LogP contribution in [0.25, 0.3) is 0 Å². The molecular weight excluding hydrogens is 226 g/mol. The molecule has 1 atom stereocenters. The first kappa shape index (κ1) is 13.0. The van der Waals surface area contributed by atoms with Gasteiger partial charge in [0.2, 0.25) is 0 Å². The van der Waals surface area contributed by atoms with Crippen LogP contribution in [0.4, 0.5) is 10.6 Å². The number of hydrogen-bond acceptors (Lipinski definition) is 4. The lowest BCUT2D eigenvalue weighted by Gasteiger charge is -2.17. The van der Waals surface area contributed by atoms with E-state index in [1.807, 2.05) is 0 Å². The van der Waals surface area contributed by atoms with Crippen molar-refractivity contribution in [2.24, 2.45) is 5.92 Å². The summed E-state index contributed by atoms with van der Waals surface area (Å²) in [4.78, 5) is 22.3. The minimum Gasteiger partial charge on any atom is -0.480 e. The molecule has 0 aliphatic heterocycles. The molecular formula is C10H15N3O4. The molecule has 1 aromatic heterocycles. The number of carboxylic acids is 1. The van der Waals surface area contributed by atoms with Crippen molar-refractivity contribution in [3.8, 4) is 0 Å². The third-order valence-electron chi connectivity index (χ3n) is 2.09. The summed E-state index contributed by atoms with van der Waals surface area (Å²) in [5.74, 6) is -0.490. The lowest BCUT2D eigenvalue weighted by atomic mass is 10.1. The number of aromatic nitrogens is 1. The molecule has 7 heteroatoms. The van der Waals surface area contributed by atoms with E-state index in [0.717, 1.165) is 0 Å². The zero-order valence-corrected chi connectivity index (χ0v) is 9.85. The molecule has 0 bridgehead atoms. The van der Waals surface area contributed by atoms with Crippen LogP contribution in [0.15, 0.2) is 10.6 Å². The van der Waals surface area contributed by atoms with E-state index in [1.54, 1.807) is 20.8 Å². The SMILES string of the molecule is Cc1cc(NC(=O)NC(C(=O)O)C(C)C)no1. The Balaban J connectivity index is 2.56. The molecule has 1 unspecified atom stereocenters. The predicted molar refractivity (Wildman–Crippen MR) is 59.7 cm³/mol. The van der Waals surface area contributed by atoms with Crippen LogP contribution in [0.1, 0.15) is 19.6 Å². The Morgan fingerprint density at radius 3 is 2.53 bits per heavy atom. The number of rotatable bonds is 4. The molecule has 17 heavy (non-hydrogen) atoms. The van der Waals surface area contributed by atoms with E-state index in [0.29, 0.717) is 5.76 Å². The highest BCUT2D eigenvalue weighted by molar-refractivity contribution is 5.91. The average Bonchev–Trinajstić information content (AvgIpc) is 2.59. The number of hydrogen-bond donors (Lipinski definition) is 3. The van der Waals surface area contributed by atoms with E-state index in [4.69, 9.17) is 9.63 Å². The lowest BCUT2D eigenvalue weighted by Crippen LogP contribution is -2.46. The third kappa shape index (κ3) is 3.78. The second-order valence-electron chi connectivity index (χ2n) is 3.98. The summed E-state index contributed by atoms with van der Waals surface area (Å²) in [6, 6.07) is -0.0348. The van der Waals surface area contributed by atoms with Crippen LogP contribution in [-0.4, -0.2) is 28.3 Å². The van der Waals surface area contributed by atoms with E-state index < -0.39 is 18.0 Å². The van der Waals surface area contributed by atoms with Crippen molar-refractivity contribution >= 4 is 17.8 Å². The highest BCUT2D eigenvalue weighted by atomic mass is 16.5. The number of nitrogens with zero attached hydrogens (tertiary/aromatic N) is 1. The molecule has 0 aliphatic rings. The first-order chi connectivity index (χ1) is 7.90. The number of carboxylic acid groups (broad SMARTS) is 1. The summed E-state index contributed by atoms with van der Waals surface area (Å²) >= 11 is 0. The summed E-state index contributed by atoms with van der Waals surface area (Å²) in [5, 5.41) is 17.2. The van der Waals surface area contributed by atoms with Gasteiger partial charge < -0.3 is 14.9 Å². The molecule has 0 radical (unpaired) electrons. The Kier molecular flexibility index (Phi) is 4.08. The van der Waals surface area contributed by atoms with Crippen molar-refractivity contribution in [1.29, 1.82) is 0 Å². The highest BCUT2D eigenvalue weighted by Crippen LogP contribution is 2.07. The standard InChI is InChI=1S/C10H15N3O4/c1-5(2)8(9(14)15)12-10(16)11-7-4-6(3)17-13-7/h4-5,8H,1-3H3,(H,14,15)(H2,11,12,13,16). The summed E-state index contributed by atoms with van der Waals surface area (Å²) in [6.07, 6.45) is 0. The average molecular weight is 241 g/mol. The van der Waals surface area contributed by atoms with E-state index in [-0.39, 0.29) is 11.7 Å². The molecule has 0 saturated carbocycles. The summed E-state index contributed by atoms with van der Waals surface area (Å²) in [5.41, 5.74) is 0. The van der Waals surface area contributed by atoms with E-state index in [9.17, 15) is 9.59 Å². The van der Waals surface area contributed by atoms with Gasteiger partial charge in [0.25, 0.3) is 0 Å². The van der Waals surface area contributed by atoms with Gasteiger partial charge in [-0.2, -0.15) is 0 Å². The van der Waals surface area contributed by atoms with Crippen molar-refractivity contribution in [2.75, 3.05) is 5.32 Å². The first-order valence-electron chi connectivity index (χ1n) is 5.13. The Labute approximate surface area is 98.2 Å². The van der Waals surface area contributed by atoms with Crippen molar-refractivity contribution in [1.82, 2.24) is 10.5 Å². The van der Waals surface area contributed by atoms with Crippen LogP contribution in [0.3, 0.4) is 0 Å². The van der Waals surface area contributed by atoms with Crippen LogP contribution >= 0.6 is 0 Å². The van der Waals surface area contributed by atoms with Crippen LogP contribution < -0.4 is 10.6 Å². The molecule has 1 heterocycles. The number of amides is 2. The molecule has 2 amide bonds. The molecule has 0 spiro atoms. The van der Waals surface area contributed by atoms with Gasteiger partial charge in [0.15, 0.2) is 5.82 Å². The van der Waals surface area contributed by atoms with Crippen molar-refractivity contribution < 1.29 is 19.2 Å². The fraction of sp³-hybridized carbons (Fsp3) is 0.500. The van der Waals surface area contributed by atoms with Gasteiger partial charge in [0.05, 0.1) is 0 Å². The normalized spacial score (nSPS) is 12.2.